The molecule has 2 N–H and O–H groups in total. The van der Waals surface area contributed by atoms with Crippen molar-refractivity contribution in [2.75, 3.05) is 25.4 Å². The molecule has 5 heteroatoms. The van der Waals surface area contributed by atoms with Gasteiger partial charge >= 0.3 is 0 Å². The Kier molecular flexibility index (Phi) is 2.36. The average molecular weight is 218 g/mol. The average Bonchev–Trinajstić information content (AvgIpc) is 2.78. The minimum atomic E-state index is -2.96. The summed E-state index contributed by atoms with van der Waals surface area (Å²) in [6.45, 7) is 3.94. The van der Waals surface area contributed by atoms with Crippen LogP contribution in [0.25, 0.3) is 0 Å². The van der Waals surface area contributed by atoms with Crippen molar-refractivity contribution in [3.63, 3.8) is 0 Å². The third kappa shape index (κ3) is 1.81. The van der Waals surface area contributed by atoms with Gasteiger partial charge in [0.1, 0.15) is 0 Å². The van der Waals surface area contributed by atoms with Crippen molar-refractivity contribution in [1.29, 1.82) is 0 Å². The molecule has 0 aromatic rings. The van der Waals surface area contributed by atoms with Crippen LogP contribution in [0.15, 0.2) is 0 Å². The maximum atomic E-state index is 11.7. The summed E-state index contributed by atoms with van der Waals surface area (Å²) < 4.78 is 25.0. The van der Waals surface area contributed by atoms with Crippen LogP contribution in [-0.2, 0) is 10.0 Å². The van der Waals surface area contributed by atoms with Crippen molar-refractivity contribution >= 4 is 10.0 Å². The van der Waals surface area contributed by atoms with Crippen LogP contribution in [0.4, 0.5) is 0 Å². The van der Waals surface area contributed by atoms with E-state index in [0.29, 0.717) is 25.4 Å². The van der Waals surface area contributed by atoms with E-state index in [0.717, 1.165) is 12.8 Å². The molecule has 1 aliphatic carbocycles. The van der Waals surface area contributed by atoms with Gasteiger partial charge in [-0.15, -0.1) is 0 Å². The SMILES string of the molecule is CC1CN(CC2(CN)CC2)S(=O)(=O)C1. The van der Waals surface area contributed by atoms with Gasteiger partial charge in [-0.05, 0) is 30.7 Å². The number of hydrogen-bond donors (Lipinski definition) is 1. The summed E-state index contributed by atoms with van der Waals surface area (Å²) >= 11 is 0. The van der Waals surface area contributed by atoms with E-state index in [1.54, 1.807) is 4.31 Å². The molecule has 0 radical (unpaired) electrons. The van der Waals surface area contributed by atoms with E-state index in [1.807, 2.05) is 6.92 Å². The fraction of sp³-hybridized carbons (Fsp3) is 1.00. The van der Waals surface area contributed by atoms with Gasteiger partial charge in [0.25, 0.3) is 0 Å². The van der Waals surface area contributed by atoms with Crippen LogP contribution in [0, 0.1) is 11.3 Å². The molecule has 1 saturated heterocycles. The van der Waals surface area contributed by atoms with Gasteiger partial charge < -0.3 is 5.73 Å². The van der Waals surface area contributed by atoms with Crippen LogP contribution >= 0.6 is 0 Å². The highest BCUT2D eigenvalue weighted by Gasteiger charge is 2.46. The lowest BCUT2D eigenvalue weighted by Crippen LogP contribution is -2.35. The Bertz CT molecular complexity index is 322. The van der Waals surface area contributed by atoms with Crippen molar-refractivity contribution in [2.45, 2.75) is 19.8 Å². The molecular weight excluding hydrogens is 200 g/mol. The van der Waals surface area contributed by atoms with Crippen molar-refractivity contribution in [2.24, 2.45) is 17.1 Å². The normalized spacial score (nSPS) is 34.6. The Labute approximate surface area is 85.5 Å². The summed E-state index contributed by atoms with van der Waals surface area (Å²) in [6.07, 6.45) is 2.17. The zero-order chi connectivity index (χ0) is 10.4. The molecule has 0 aromatic carbocycles. The maximum absolute atomic E-state index is 11.7. The first-order chi connectivity index (χ1) is 6.47. The first-order valence-corrected chi connectivity index (χ1v) is 6.76. The van der Waals surface area contributed by atoms with Crippen molar-refractivity contribution in [3.05, 3.63) is 0 Å². The minimum Gasteiger partial charge on any atom is -0.330 e. The molecule has 0 aromatic heterocycles. The number of nitrogens with two attached hydrogens (primary N) is 1. The van der Waals surface area contributed by atoms with E-state index in [4.69, 9.17) is 5.73 Å². The van der Waals surface area contributed by atoms with Gasteiger partial charge in [0.05, 0.1) is 5.75 Å². The Hall–Kier alpha value is -0.130. The molecule has 1 aliphatic heterocycles. The second kappa shape index (κ2) is 3.18. The standard InChI is InChI=1S/C9H18N2O2S/c1-8-4-11(14(12,13)5-8)7-9(6-10)2-3-9/h8H,2-7,10H2,1H3. The predicted octanol–water partition coefficient (Wildman–Crippen LogP) is 0.00680. The maximum Gasteiger partial charge on any atom is 0.214 e. The van der Waals surface area contributed by atoms with Gasteiger partial charge in [-0.2, -0.15) is 0 Å². The highest BCUT2D eigenvalue weighted by atomic mass is 32.2. The fourth-order valence-corrected chi connectivity index (χ4v) is 4.11. The first kappa shape index (κ1) is 10.4. The van der Waals surface area contributed by atoms with E-state index < -0.39 is 10.0 Å². The van der Waals surface area contributed by atoms with E-state index >= 15 is 0 Å². The lowest BCUT2D eigenvalue weighted by Gasteiger charge is -2.20. The number of hydrogen-bond acceptors (Lipinski definition) is 3. The molecule has 14 heavy (non-hydrogen) atoms. The van der Waals surface area contributed by atoms with Gasteiger partial charge in [-0.25, -0.2) is 12.7 Å². The molecule has 4 nitrogen and oxygen atoms in total. The molecule has 0 spiro atoms. The molecule has 2 fully saturated rings. The zero-order valence-corrected chi connectivity index (χ0v) is 9.39. The molecule has 82 valence electrons. The Morgan fingerprint density at radius 2 is 2.14 bits per heavy atom. The van der Waals surface area contributed by atoms with E-state index in [1.165, 1.54) is 0 Å². The summed E-state index contributed by atoms with van der Waals surface area (Å²) in [5.74, 6) is 0.585. The van der Waals surface area contributed by atoms with Crippen LogP contribution in [-0.4, -0.2) is 38.1 Å². The molecular formula is C9H18N2O2S. The lowest BCUT2D eigenvalue weighted by atomic mass is 10.1. The minimum absolute atomic E-state index is 0.122. The fourth-order valence-electron chi connectivity index (χ4n) is 2.12. The van der Waals surface area contributed by atoms with Crippen LogP contribution < -0.4 is 5.73 Å². The van der Waals surface area contributed by atoms with Crippen LogP contribution in [0.2, 0.25) is 0 Å². The molecule has 1 saturated carbocycles. The van der Waals surface area contributed by atoms with E-state index in [-0.39, 0.29) is 11.3 Å². The highest BCUT2D eigenvalue weighted by Crippen LogP contribution is 2.46. The van der Waals surface area contributed by atoms with Gasteiger partial charge in [-0.3, -0.25) is 0 Å². The number of rotatable bonds is 3. The van der Waals surface area contributed by atoms with Crippen molar-refractivity contribution < 1.29 is 8.42 Å². The van der Waals surface area contributed by atoms with Crippen LogP contribution in [0.1, 0.15) is 19.8 Å². The quantitative estimate of drug-likeness (QED) is 0.725. The van der Waals surface area contributed by atoms with Crippen molar-refractivity contribution in [3.8, 4) is 0 Å². The van der Waals surface area contributed by atoms with Gasteiger partial charge in [0.2, 0.25) is 10.0 Å². The molecule has 0 amide bonds. The molecule has 2 aliphatic rings. The zero-order valence-electron chi connectivity index (χ0n) is 8.57. The van der Waals surface area contributed by atoms with Crippen LogP contribution in [0.3, 0.4) is 0 Å². The summed E-state index contributed by atoms with van der Waals surface area (Å²) in [5, 5.41) is 0. The van der Waals surface area contributed by atoms with Crippen molar-refractivity contribution in [1.82, 2.24) is 4.31 Å². The van der Waals surface area contributed by atoms with Crippen LogP contribution in [0.5, 0.6) is 0 Å². The topological polar surface area (TPSA) is 63.4 Å². The predicted molar refractivity (Wildman–Crippen MR) is 55.2 cm³/mol. The number of nitrogens with zero attached hydrogens (tertiary/aromatic N) is 1. The Balaban J connectivity index is 2.05. The molecule has 0 bridgehead atoms. The first-order valence-electron chi connectivity index (χ1n) is 5.15. The monoisotopic (exact) mass is 218 g/mol. The van der Waals surface area contributed by atoms with E-state index in [9.17, 15) is 8.42 Å². The Morgan fingerprint density at radius 3 is 2.50 bits per heavy atom. The molecule has 1 heterocycles. The van der Waals surface area contributed by atoms with E-state index in [2.05, 4.69) is 0 Å². The number of sulfonamides is 1. The summed E-state index contributed by atoms with van der Waals surface area (Å²) in [5.41, 5.74) is 5.77. The highest BCUT2D eigenvalue weighted by molar-refractivity contribution is 7.89. The summed E-state index contributed by atoms with van der Waals surface area (Å²) in [4.78, 5) is 0. The summed E-state index contributed by atoms with van der Waals surface area (Å²) in [7, 11) is -2.96. The third-order valence-corrected chi connectivity index (χ3v) is 5.36. The molecule has 2 rings (SSSR count). The molecule has 1 unspecified atom stereocenters. The molecule has 1 atom stereocenters. The largest absolute Gasteiger partial charge is 0.330 e. The van der Waals surface area contributed by atoms with Gasteiger partial charge in [-0.1, -0.05) is 6.92 Å². The van der Waals surface area contributed by atoms with Gasteiger partial charge in [0, 0.05) is 13.1 Å². The second-order valence-corrected chi connectivity index (χ2v) is 6.89. The lowest BCUT2D eigenvalue weighted by molar-refractivity contribution is 0.333. The smallest absolute Gasteiger partial charge is 0.214 e. The second-order valence-electron chi connectivity index (χ2n) is 4.88. The summed E-state index contributed by atoms with van der Waals surface area (Å²) in [6, 6.07) is 0. The third-order valence-electron chi connectivity index (χ3n) is 3.31. The Morgan fingerprint density at radius 1 is 1.50 bits per heavy atom. The van der Waals surface area contributed by atoms with Gasteiger partial charge in [0.15, 0.2) is 0 Å².